The quantitative estimate of drug-likeness (QED) is 0.877. The summed E-state index contributed by atoms with van der Waals surface area (Å²) in [6, 6.07) is 9.66. The molecule has 0 amide bonds. The summed E-state index contributed by atoms with van der Waals surface area (Å²) >= 11 is 2.04. The van der Waals surface area contributed by atoms with E-state index in [4.69, 9.17) is 0 Å². The average Bonchev–Trinajstić information content (AvgIpc) is 2.78. The maximum atomic E-state index is 3.80. The van der Waals surface area contributed by atoms with Crippen molar-refractivity contribution in [2.75, 3.05) is 12.8 Å². The highest BCUT2D eigenvalue weighted by molar-refractivity contribution is 7.99. The second-order valence-electron chi connectivity index (χ2n) is 5.32. The van der Waals surface area contributed by atoms with E-state index >= 15 is 0 Å². The maximum absolute atomic E-state index is 3.80. The molecule has 1 aromatic carbocycles. The average molecular weight is 247 g/mol. The van der Waals surface area contributed by atoms with Gasteiger partial charge in [0.05, 0.1) is 0 Å². The van der Waals surface area contributed by atoms with Crippen LogP contribution in [0.1, 0.15) is 36.3 Å². The van der Waals surface area contributed by atoms with Crippen LogP contribution in [0.5, 0.6) is 0 Å². The van der Waals surface area contributed by atoms with E-state index in [0.29, 0.717) is 0 Å². The third-order valence-electron chi connectivity index (χ3n) is 4.34. The molecule has 0 bridgehead atoms. The minimum atomic E-state index is 0.762. The van der Waals surface area contributed by atoms with Gasteiger partial charge in [-0.25, -0.2) is 0 Å². The molecule has 3 atom stereocenters. The lowest BCUT2D eigenvalue weighted by molar-refractivity contribution is 0.469. The van der Waals surface area contributed by atoms with Crippen molar-refractivity contribution in [3.63, 3.8) is 0 Å². The molecule has 0 aromatic heterocycles. The van der Waals surface area contributed by atoms with Crippen LogP contribution in [0, 0.1) is 0 Å². The van der Waals surface area contributed by atoms with Crippen molar-refractivity contribution < 1.29 is 0 Å². The number of nitrogens with one attached hydrogen (secondary N) is 1. The summed E-state index contributed by atoms with van der Waals surface area (Å²) in [5.74, 6) is 0.773. The van der Waals surface area contributed by atoms with Gasteiger partial charge in [0.1, 0.15) is 0 Å². The zero-order chi connectivity index (χ0) is 11.7. The van der Waals surface area contributed by atoms with Crippen molar-refractivity contribution >= 4 is 11.8 Å². The van der Waals surface area contributed by atoms with Crippen molar-refractivity contribution in [1.29, 1.82) is 0 Å². The van der Waals surface area contributed by atoms with Gasteiger partial charge in [-0.3, -0.25) is 0 Å². The third-order valence-corrected chi connectivity index (χ3v) is 5.51. The number of benzene rings is 1. The summed E-state index contributed by atoms with van der Waals surface area (Å²) in [6.07, 6.45) is 7.72. The molecule has 3 unspecified atom stereocenters. The molecule has 92 valence electrons. The van der Waals surface area contributed by atoms with Crippen molar-refractivity contribution in [3.05, 3.63) is 35.4 Å². The molecular formula is C15H21NS. The Kier molecular flexibility index (Phi) is 3.44. The number of hydrogen-bond acceptors (Lipinski definition) is 2. The van der Waals surface area contributed by atoms with Gasteiger partial charge in [0, 0.05) is 23.8 Å². The van der Waals surface area contributed by atoms with Gasteiger partial charge in [-0.1, -0.05) is 30.7 Å². The molecular weight excluding hydrogens is 226 g/mol. The van der Waals surface area contributed by atoms with Crippen LogP contribution in [0.4, 0.5) is 0 Å². The molecule has 0 saturated heterocycles. The van der Waals surface area contributed by atoms with Gasteiger partial charge in [-0.2, -0.15) is 11.8 Å². The normalized spacial score (nSPS) is 31.0. The molecule has 2 aliphatic rings. The second-order valence-corrected chi connectivity index (χ2v) is 6.40. The van der Waals surface area contributed by atoms with E-state index in [2.05, 4.69) is 35.8 Å². The van der Waals surface area contributed by atoms with Crippen LogP contribution in [0.2, 0.25) is 0 Å². The van der Waals surface area contributed by atoms with Crippen molar-refractivity contribution in [3.8, 4) is 0 Å². The van der Waals surface area contributed by atoms with Gasteiger partial charge in [0.2, 0.25) is 0 Å². The molecule has 1 N–H and O–H groups in total. The largest absolute Gasteiger partial charge is 0.312 e. The predicted molar refractivity (Wildman–Crippen MR) is 75.8 cm³/mol. The monoisotopic (exact) mass is 247 g/mol. The SMILES string of the molecule is CSC1CCCC1NCC1Cc2ccccc21. The van der Waals surface area contributed by atoms with E-state index in [1.807, 2.05) is 11.8 Å². The molecule has 1 aromatic rings. The number of hydrogen-bond donors (Lipinski definition) is 1. The van der Waals surface area contributed by atoms with Crippen LogP contribution in [-0.2, 0) is 6.42 Å². The van der Waals surface area contributed by atoms with Crippen molar-refractivity contribution in [2.24, 2.45) is 0 Å². The molecule has 1 nitrogen and oxygen atoms in total. The number of thioether (sulfide) groups is 1. The first-order chi connectivity index (χ1) is 8.38. The van der Waals surface area contributed by atoms with E-state index in [1.165, 1.54) is 32.2 Å². The highest BCUT2D eigenvalue weighted by Gasteiger charge is 2.29. The minimum absolute atomic E-state index is 0.762. The molecule has 1 saturated carbocycles. The fourth-order valence-corrected chi connectivity index (χ4v) is 4.24. The number of fused-ring (bicyclic) bond motifs is 1. The molecule has 0 aliphatic heterocycles. The summed E-state index contributed by atoms with van der Waals surface area (Å²) in [5.41, 5.74) is 3.14. The smallest absolute Gasteiger partial charge is 0.0198 e. The van der Waals surface area contributed by atoms with Crippen molar-refractivity contribution in [1.82, 2.24) is 5.32 Å². The highest BCUT2D eigenvalue weighted by atomic mass is 32.2. The molecule has 1 fully saturated rings. The predicted octanol–water partition coefficient (Wildman–Crippen LogP) is 3.20. The Morgan fingerprint density at radius 3 is 3.00 bits per heavy atom. The van der Waals surface area contributed by atoms with Crippen molar-refractivity contribution in [2.45, 2.75) is 42.9 Å². The number of rotatable bonds is 4. The molecule has 17 heavy (non-hydrogen) atoms. The zero-order valence-corrected chi connectivity index (χ0v) is 11.3. The van der Waals surface area contributed by atoms with Crippen LogP contribution < -0.4 is 5.32 Å². The Labute approximate surface area is 108 Å². The van der Waals surface area contributed by atoms with E-state index in [-0.39, 0.29) is 0 Å². The summed E-state index contributed by atoms with van der Waals surface area (Å²) < 4.78 is 0. The Morgan fingerprint density at radius 1 is 1.29 bits per heavy atom. The van der Waals surface area contributed by atoms with E-state index in [0.717, 1.165) is 17.2 Å². The van der Waals surface area contributed by atoms with Gasteiger partial charge in [-0.05, 0) is 36.6 Å². The van der Waals surface area contributed by atoms with Gasteiger partial charge in [0.25, 0.3) is 0 Å². The second kappa shape index (κ2) is 5.03. The van der Waals surface area contributed by atoms with Crippen LogP contribution in [-0.4, -0.2) is 24.1 Å². The van der Waals surface area contributed by atoms with E-state index in [9.17, 15) is 0 Å². The summed E-state index contributed by atoms with van der Waals surface area (Å²) in [5, 5.41) is 4.66. The maximum Gasteiger partial charge on any atom is 0.0198 e. The first kappa shape index (κ1) is 11.6. The van der Waals surface area contributed by atoms with Gasteiger partial charge in [-0.15, -0.1) is 0 Å². The topological polar surface area (TPSA) is 12.0 Å². The standard InChI is InChI=1S/C15H21NS/c1-17-15-8-4-7-14(15)16-10-12-9-11-5-2-3-6-13(11)12/h2-3,5-6,12,14-16H,4,7-10H2,1H3. The van der Waals surface area contributed by atoms with E-state index in [1.54, 1.807) is 11.1 Å². The zero-order valence-electron chi connectivity index (χ0n) is 10.5. The molecule has 2 heteroatoms. The van der Waals surface area contributed by atoms with Gasteiger partial charge >= 0.3 is 0 Å². The first-order valence-corrected chi connectivity index (χ1v) is 8.01. The Morgan fingerprint density at radius 2 is 2.18 bits per heavy atom. The summed E-state index contributed by atoms with van der Waals surface area (Å²) in [6.45, 7) is 1.18. The Bertz CT molecular complexity index is 390. The van der Waals surface area contributed by atoms with Crippen LogP contribution in [0.3, 0.4) is 0 Å². The molecule has 0 spiro atoms. The minimum Gasteiger partial charge on any atom is -0.312 e. The molecule has 3 rings (SSSR count). The van der Waals surface area contributed by atoms with Crippen LogP contribution >= 0.6 is 11.8 Å². The lowest BCUT2D eigenvalue weighted by Gasteiger charge is -2.32. The lowest BCUT2D eigenvalue weighted by Crippen LogP contribution is -2.39. The molecule has 0 heterocycles. The van der Waals surface area contributed by atoms with Gasteiger partial charge in [0.15, 0.2) is 0 Å². The van der Waals surface area contributed by atoms with Crippen LogP contribution in [0.15, 0.2) is 24.3 Å². The summed E-state index contributed by atoms with van der Waals surface area (Å²) in [7, 11) is 0. The molecule has 0 radical (unpaired) electrons. The van der Waals surface area contributed by atoms with Gasteiger partial charge < -0.3 is 5.32 Å². The Balaban J connectivity index is 1.53. The van der Waals surface area contributed by atoms with E-state index < -0.39 is 0 Å². The summed E-state index contributed by atoms with van der Waals surface area (Å²) in [4.78, 5) is 0. The lowest BCUT2D eigenvalue weighted by atomic mass is 9.77. The first-order valence-electron chi connectivity index (χ1n) is 6.72. The third kappa shape index (κ3) is 2.25. The van der Waals surface area contributed by atoms with Crippen LogP contribution in [0.25, 0.3) is 0 Å². The fourth-order valence-electron chi connectivity index (χ4n) is 3.28. The Hall–Kier alpha value is -0.470. The highest BCUT2D eigenvalue weighted by Crippen LogP contribution is 2.35. The fraction of sp³-hybridized carbons (Fsp3) is 0.600. The molecule has 2 aliphatic carbocycles.